The summed E-state index contributed by atoms with van der Waals surface area (Å²) in [6.45, 7) is 17.5. The van der Waals surface area contributed by atoms with Gasteiger partial charge in [-0.05, 0) is 69.2 Å². The lowest BCUT2D eigenvalue weighted by Gasteiger charge is -2.11. The lowest BCUT2D eigenvalue weighted by Crippen LogP contribution is -2.17. The number of rotatable bonds is 12. The minimum Gasteiger partial charge on any atom is -0.198 e. The topological polar surface area (TPSA) is 337 Å². The molecule has 0 spiro atoms. The second kappa shape index (κ2) is 27.4. The number of hydrogen-bond acceptors (Lipinski definition) is 18. The van der Waals surface area contributed by atoms with Crippen LogP contribution >= 0.6 is 0 Å². The predicted molar refractivity (Wildman–Crippen MR) is 177 cm³/mol. The second-order valence-corrected chi connectivity index (χ2v) is 12.1. The van der Waals surface area contributed by atoms with E-state index in [1.54, 1.807) is 93.5 Å². The summed E-state index contributed by atoms with van der Waals surface area (Å²) in [5.41, 5.74) is -3.36. The number of nitriles is 10. The molecule has 2 atom stereocenters. The lowest BCUT2D eigenvalue weighted by atomic mass is 10.1. The monoisotopic (exact) mass is 678 g/mol. The number of azo groups is 4. The molecule has 0 saturated carbocycles. The van der Waals surface area contributed by atoms with Crippen molar-refractivity contribution < 1.29 is 0 Å². The third kappa shape index (κ3) is 32.7. The van der Waals surface area contributed by atoms with Gasteiger partial charge in [-0.2, -0.15) is 93.5 Å². The fraction of sp³-hybridized carbons (Fsp3) is 0.688. The van der Waals surface area contributed by atoms with Gasteiger partial charge in [0.2, 0.25) is 0 Å². The van der Waals surface area contributed by atoms with E-state index >= 15 is 0 Å². The van der Waals surface area contributed by atoms with Gasteiger partial charge in [-0.25, -0.2) is 0 Å². The molecule has 18 nitrogen and oxygen atoms in total. The van der Waals surface area contributed by atoms with Crippen molar-refractivity contribution in [2.45, 2.75) is 91.4 Å². The number of hydrogen-bond donors (Lipinski definition) is 0. The molecule has 0 rings (SSSR count). The van der Waals surface area contributed by atoms with Crippen molar-refractivity contribution in [2.75, 3.05) is 26.2 Å². The van der Waals surface area contributed by atoms with E-state index in [-0.39, 0.29) is 24.9 Å². The highest BCUT2D eigenvalue weighted by Crippen LogP contribution is 2.14. The zero-order chi connectivity index (χ0) is 39.9. The Bertz CT molecular complexity index is 1380. The van der Waals surface area contributed by atoms with E-state index in [1.165, 1.54) is 0 Å². The Hall–Kier alpha value is -6.70. The van der Waals surface area contributed by atoms with Crippen LogP contribution < -0.4 is 0 Å². The maximum atomic E-state index is 8.58. The van der Waals surface area contributed by atoms with Gasteiger partial charge in [-0.3, -0.25) is 0 Å². The lowest BCUT2D eigenvalue weighted by molar-refractivity contribution is 0.541. The molecule has 2 unspecified atom stereocenters. The predicted octanol–water partition coefficient (Wildman–Crippen LogP) is 6.61. The van der Waals surface area contributed by atoms with Crippen LogP contribution in [0.3, 0.4) is 0 Å². The third-order valence-electron chi connectivity index (χ3n) is 4.70. The van der Waals surface area contributed by atoms with Gasteiger partial charge >= 0.3 is 0 Å². The normalized spacial score (nSPS) is 12.2. The molecule has 0 N–H and O–H groups in total. The molecule has 0 fully saturated rings. The minimum atomic E-state index is -0.839. The molecule has 0 aliphatic heterocycles. The Labute approximate surface area is 295 Å². The first-order valence-electron chi connectivity index (χ1n) is 14.7. The molecule has 0 aromatic heterocycles. The fourth-order valence-electron chi connectivity index (χ4n) is 1.53. The Balaban J connectivity index is -0.000000283. The third-order valence-corrected chi connectivity index (χ3v) is 4.70. The molecule has 0 aromatic rings. The summed E-state index contributed by atoms with van der Waals surface area (Å²) in [4.78, 5) is 0. The summed E-state index contributed by atoms with van der Waals surface area (Å²) in [5, 5.41) is 114. The molecule has 0 radical (unpaired) electrons. The summed E-state index contributed by atoms with van der Waals surface area (Å²) < 4.78 is 0. The van der Waals surface area contributed by atoms with Crippen molar-refractivity contribution in [3.63, 3.8) is 0 Å². The molecular weight excluding hydrogens is 636 g/mol. The first-order chi connectivity index (χ1) is 23.1. The van der Waals surface area contributed by atoms with Gasteiger partial charge in [0.1, 0.15) is 0 Å². The molecule has 18 heteroatoms. The average molecular weight is 679 g/mol. The minimum absolute atomic E-state index is 0.0173. The molecule has 0 bridgehead atoms. The molecule has 0 saturated heterocycles. The van der Waals surface area contributed by atoms with Crippen LogP contribution in [0.5, 0.6) is 0 Å². The summed E-state index contributed by atoms with van der Waals surface area (Å²) >= 11 is 0. The first-order valence-corrected chi connectivity index (χ1v) is 14.7. The van der Waals surface area contributed by atoms with E-state index in [0.29, 0.717) is 13.1 Å². The summed E-state index contributed by atoms with van der Waals surface area (Å²) in [7, 11) is 0. The largest absolute Gasteiger partial charge is 0.198 e. The van der Waals surface area contributed by atoms with Crippen molar-refractivity contribution in [3.8, 4) is 60.7 Å². The van der Waals surface area contributed by atoms with Gasteiger partial charge in [0.25, 0.3) is 0 Å². The van der Waals surface area contributed by atoms with E-state index in [9.17, 15) is 0 Å². The Morgan fingerprint density at radius 1 is 0.360 bits per heavy atom. The van der Waals surface area contributed by atoms with E-state index in [4.69, 9.17) is 52.6 Å². The molecule has 0 amide bonds. The fourth-order valence-corrected chi connectivity index (χ4v) is 1.53. The molecule has 50 heavy (non-hydrogen) atoms. The van der Waals surface area contributed by atoms with Crippen LogP contribution in [-0.2, 0) is 0 Å². The summed E-state index contributed by atoms with van der Waals surface area (Å²) in [5.74, 6) is -1.82. The van der Waals surface area contributed by atoms with Crippen molar-refractivity contribution in [2.24, 2.45) is 64.6 Å². The van der Waals surface area contributed by atoms with Gasteiger partial charge in [0, 0.05) is 0 Å². The van der Waals surface area contributed by atoms with Crippen LogP contribution in [0.1, 0.15) is 69.2 Å². The number of nitrogens with zero attached hydrogens (tertiary/aromatic N) is 18. The van der Waals surface area contributed by atoms with Crippen molar-refractivity contribution in [1.82, 2.24) is 0 Å². The standard InChI is InChI=1S/C8H6N6.3C8H12N4/c9-1-7(2-10)5-13-14-6-8(3-11)4-12;1-7(3-9)5-11-12-6-8(2)4-10;2*1-7(2,5-9)11-12-8(3,4)6-10/h7-8H,5-6H2;7-8H,5-6H2,1-2H3;2*1-4H3. The van der Waals surface area contributed by atoms with E-state index in [2.05, 4.69) is 40.9 Å². The molecule has 0 heterocycles. The zero-order valence-electron chi connectivity index (χ0n) is 30.2. The van der Waals surface area contributed by atoms with Gasteiger partial charge in [-0.1, -0.05) is 0 Å². The smallest absolute Gasteiger partial charge is 0.162 e. The van der Waals surface area contributed by atoms with Crippen LogP contribution in [-0.4, -0.2) is 48.3 Å². The summed E-state index contributed by atoms with van der Waals surface area (Å²) in [6, 6.07) is 18.9. The molecular formula is C32H42N18. The summed E-state index contributed by atoms with van der Waals surface area (Å²) in [6.07, 6.45) is 0. The van der Waals surface area contributed by atoms with Crippen LogP contribution in [0.25, 0.3) is 0 Å². The first kappa shape index (κ1) is 50.2. The van der Waals surface area contributed by atoms with Crippen LogP contribution in [0, 0.1) is 137 Å². The van der Waals surface area contributed by atoms with Crippen molar-refractivity contribution in [3.05, 3.63) is 0 Å². The Morgan fingerprint density at radius 3 is 0.720 bits per heavy atom. The SMILES string of the molecule is CC(C#N)CN=NCC(C)C#N.CC(C)(C#N)N=NC(C)(C)C#N.CC(C)(C#N)N=NC(C)(C)C#N.N#CC(C#N)CN=NCC(C#N)C#N. The van der Waals surface area contributed by atoms with Crippen molar-refractivity contribution >= 4 is 0 Å². The Morgan fingerprint density at radius 2 is 0.560 bits per heavy atom. The molecule has 0 aromatic carbocycles. The maximum absolute atomic E-state index is 8.58. The highest BCUT2D eigenvalue weighted by molar-refractivity contribution is 5.04. The van der Waals surface area contributed by atoms with E-state index in [1.807, 2.05) is 36.4 Å². The van der Waals surface area contributed by atoms with Crippen LogP contribution in [0.2, 0.25) is 0 Å². The zero-order valence-corrected chi connectivity index (χ0v) is 30.2. The highest BCUT2D eigenvalue weighted by atomic mass is 15.2. The Kier molecular flexibility index (Phi) is 27.5. The van der Waals surface area contributed by atoms with Crippen LogP contribution in [0.4, 0.5) is 0 Å². The van der Waals surface area contributed by atoms with Gasteiger partial charge < -0.3 is 0 Å². The maximum Gasteiger partial charge on any atom is 0.162 e. The molecule has 260 valence electrons. The molecule has 0 aliphatic rings. The van der Waals surface area contributed by atoms with Gasteiger partial charge in [-0.15, -0.1) is 0 Å². The van der Waals surface area contributed by atoms with E-state index in [0.717, 1.165) is 0 Å². The van der Waals surface area contributed by atoms with Crippen molar-refractivity contribution in [1.29, 1.82) is 52.6 Å². The van der Waals surface area contributed by atoms with Crippen LogP contribution in [0.15, 0.2) is 40.9 Å². The molecule has 0 aliphatic carbocycles. The van der Waals surface area contributed by atoms with Gasteiger partial charge in [0.05, 0.1) is 98.7 Å². The average Bonchev–Trinajstić information content (AvgIpc) is 3.11. The second-order valence-electron chi connectivity index (χ2n) is 12.1. The van der Waals surface area contributed by atoms with Gasteiger partial charge in [0.15, 0.2) is 34.0 Å². The quantitative estimate of drug-likeness (QED) is 0.199. The highest BCUT2D eigenvalue weighted by Gasteiger charge is 2.20. The van der Waals surface area contributed by atoms with E-state index < -0.39 is 34.0 Å².